The maximum absolute atomic E-state index is 13.7. The van der Waals surface area contributed by atoms with Crippen molar-refractivity contribution in [1.82, 2.24) is 9.80 Å². The minimum absolute atomic E-state index is 0.109. The number of ether oxygens (including phenoxy) is 1. The fourth-order valence-electron chi connectivity index (χ4n) is 4.39. The van der Waals surface area contributed by atoms with Gasteiger partial charge < -0.3 is 14.7 Å². The first-order valence-corrected chi connectivity index (χ1v) is 11.5. The van der Waals surface area contributed by atoms with Crippen molar-refractivity contribution >= 4 is 23.1 Å². The summed E-state index contributed by atoms with van der Waals surface area (Å²) in [6.07, 6.45) is 0. The molecule has 0 saturated carbocycles. The summed E-state index contributed by atoms with van der Waals surface area (Å²) in [5.74, 6) is 0.131. The number of piperazine rings is 1. The van der Waals surface area contributed by atoms with Crippen LogP contribution in [0.5, 0.6) is 5.75 Å². The molecular formula is C26H31N3O4. The molecule has 1 saturated heterocycles. The molecule has 2 heterocycles. The molecule has 2 aromatic rings. The number of aryl methyl sites for hydroxylation is 2. The quantitative estimate of drug-likeness (QED) is 0.655. The molecule has 0 aliphatic carbocycles. The molecule has 0 unspecified atom stereocenters. The zero-order valence-corrected chi connectivity index (χ0v) is 19.5. The fourth-order valence-corrected chi connectivity index (χ4v) is 4.39. The second-order valence-corrected chi connectivity index (χ2v) is 8.45. The maximum Gasteiger partial charge on any atom is 0.282 e. The van der Waals surface area contributed by atoms with Crippen LogP contribution in [0.1, 0.15) is 23.6 Å². The molecule has 7 heteroatoms. The number of rotatable bonds is 7. The highest BCUT2D eigenvalue weighted by molar-refractivity contribution is 6.45. The molecule has 0 spiro atoms. The molecule has 7 nitrogen and oxygen atoms in total. The molecule has 2 aliphatic heterocycles. The maximum atomic E-state index is 13.7. The lowest BCUT2D eigenvalue weighted by atomic mass is 10.0. The average molecular weight is 450 g/mol. The van der Waals surface area contributed by atoms with E-state index in [2.05, 4.69) is 4.90 Å². The molecular weight excluding hydrogens is 418 g/mol. The number of nitrogens with zero attached hydrogens (tertiary/aromatic N) is 3. The van der Waals surface area contributed by atoms with E-state index in [4.69, 9.17) is 4.74 Å². The zero-order valence-electron chi connectivity index (χ0n) is 19.5. The van der Waals surface area contributed by atoms with Crippen LogP contribution in [-0.4, -0.2) is 72.7 Å². The largest absolute Gasteiger partial charge is 0.494 e. The van der Waals surface area contributed by atoms with E-state index in [1.54, 1.807) is 0 Å². The van der Waals surface area contributed by atoms with E-state index in [9.17, 15) is 14.7 Å². The van der Waals surface area contributed by atoms with Crippen molar-refractivity contribution < 1.29 is 19.4 Å². The molecule has 2 aromatic carbocycles. The van der Waals surface area contributed by atoms with Gasteiger partial charge in [0.25, 0.3) is 11.8 Å². The van der Waals surface area contributed by atoms with Crippen LogP contribution in [0.2, 0.25) is 0 Å². The molecule has 0 radical (unpaired) electrons. The standard InChI is InChI=1S/C26H31N3O4/c1-4-33-22-9-6-20(7-10-22)23-24(28-13-11-27(12-14-28)15-16-30)26(32)29(25(23)31)21-8-5-18(2)19(3)17-21/h5-10,17,30H,4,11-16H2,1-3H3. The lowest BCUT2D eigenvalue weighted by Gasteiger charge is -2.36. The van der Waals surface area contributed by atoms with Crippen molar-refractivity contribution in [1.29, 1.82) is 0 Å². The number of benzene rings is 2. The smallest absolute Gasteiger partial charge is 0.282 e. The van der Waals surface area contributed by atoms with E-state index in [0.29, 0.717) is 48.8 Å². The SMILES string of the molecule is CCOc1ccc(C2=C(N3CCN(CCO)CC3)C(=O)N(c3ccc(C)c(C)c3)C2=O)cc1. The number of aliphatic hydroxyl groups is 1. The highest BCUT2D eigenvalue weighted by Crippen LogP contribution is 2.36. The number of carbonyl (C=O) groups excluding carboxylic acids is 2. The van der Waals surface area contributed by atoms with Crippen molar-refractivity contribution in [3.63, 3.8) is 0 Å². The van der Waals surface area contributed by atoms with Crippen molar-refractivity contribution in [2.75, 3.05) is 50.8 Å². The number of carbonyl (C=O) groups is 2. The molecule has 4 rings (SSSR count). The zero-order chi connectivity index (χ0) is 23.5. The van der Waals surface area contributed by atoms with Gasteiger partial charge in [0.2, 0.25) is 0 Å². The number of amides is 2. The topological polar surface area (TPSA) is 73.3 Å². The van der Waals surface area contributed by atoms with Gasteiger partial charge in [0.1, 0.15) is 11.4 Å². The summed E-state index contributed by atoms with van der Waals surface area (Å²) in [4.78, 5) is 32.9. The van der Waals surface area contributed by atoms with E-state index in [1.807, 2.05) is 68.1 Å². The predicted molar refractivity (Wildman–Crippen MR) is 128 cm³/mol. The first-order chi connectivity index (χ1) is 15.9. The van der Waals surface area contributed by atoms with Crippen LogP contribution in [0, 0.1) is 13.8 Å². The van der Waals surface area contributed by atoms with Gasteiger partial charge in [0, 0.05) is 32.7 Å². The first kappa shape index (κ1) is 23.0. The number of anilines is 1. The van der Waals surface area contributed by atoms with Crippen LogP contribution < -0.4 is 9.64 Å². The van der Waals surface area contributed by atoms with E-state index >= 15 is 0 Å². The van der Waals surface area contributed by atoms with Gasteiger partial charge in [-0.2, -0.15) is 0 Å². The summed E-state index contributed by atoms with van der Waals surface area (Å²) in [7, 11) is 0. The average Bonchev–Trinajstić information content (AvgIpc) is 3.07. The van der Waals surface area contributed by atoms with Gasteiger partial charge in [0.15, 0.2) is 0 Å². The van der Waals surface area contributed by atoms with Crippen LogP contribution in [0.25, 0.3) is 5.57 Å². The normalized spacial score (nSPS) is 17.3. The van der Waals surface area contributed by atoms with Crippen LogP contribution in [0.4, 0.5) is 5.69 Å². The Bertz CT molecular complexity index is 1070. The highest BCUT2D eigenvalue weighted by atomic mass is 16.5. The molecule has 2 aliphatic rings. The van der Waals surface area contributed by atoms with Crippen molar-refractivity contribution in [3.8, 4) is 5.75 Å². The van der Waals surface area contributed by atoms with Gasteiger partial charge in [0.05, 0.1) is 24.5 Å². The lowest BCUT2D eigenvalue weighted by molar-refractivity contribution is -0.120. The third-order valence-corrected chi connectivity index (χ3v) is 6.37. The second-order valence-electron chi connectivity index (χ2n) is 8.45. The van der Waals surface area contributed by atoms with Crippen LogP contribution in [0.3, 0.4) is 0 Å². The monoisotopic (exact) mass is 449 g/mol. The van der Waals surface area contributed by atoms with Gasteiger partial charge in [-0.25, -0.2) is 4.90 Å². The third-order valence-electron chi connectivity index (χ3n) is 6.37. The van der Waals surface area contributed by atoms with Crippen molar-refractivity contribution in [2.24, 2.45) is 0 Å². The minimum Gasteiger partial charge on any atom is -0.494 e. The van der Waals surface area contributed by atoms with Gasteiger partial charge in [-0.1, -0.05) is 18.2 Å². The lowest BCUT2D eigenvalue weighted by Crippen LogP contribution is -2.48. The molecule has 33 heavy (non-hydrogen) atoms. The number of aliphatic hydroxyl groups excluding tert-OH is 1. The molecule has 0 atom stereocenters. The summed E-state index contributed by atoms with van der Waals surface area (Å²) in [5, 5.41) is 9.25. The van der Waals surface area contributed by atoms with Gasteiger partial charge in [-0.15, -0.1) is 0 Å². The van der Waals surface area contributed by atoms with Gasteiger partial charge in [-0.3, -0.25) is 14.5 Å². The minimum atomic E-state index is -0.305. The molecule has 0 aromatic heterocycles. The summed E-state index contributed by atoms with van der Waals surface area (Å²) in [6, 6.07) is 13.0. The number of hydrogen-bond donors (Lipinski definition) is 1. The summed E-state index contributed by atoms with van der Waals surface area (Å²) < 4.78 is 5.55. The Hall–Kier alpha value is -3.16. The van der Waals surface area contributed by atoms with Crippen LogP contribution >= 0.6 is 0 Å². The fraction of sp³-hybridized carbons (Fsp3) is 0.385. The third kappa shape index (κ3) is 4.51. The summed E-state index contributed by atoms with van der Waals surface area (Å²) in [6.45, 7) is 9.88. The Labute approximate surface area is 194 Å². The van der Waals surface area contributed by atoms with Gasteiger partial charge >= 0.3 is 0 Å². The molecule has 2 amide bonds. The molecule has 174 valence electrons. The molecule has 1 N–H and O–H groups in total. The van der Waals surface area contributed by atoms with Gasteiger partial charge in [-0.05, 0) is 61.7 Å². The highest BCUT2D eigenvalue weighted by Gasteiger charge is 2.43. The first-order valence-electron chi connectivity index (χ1n) is 11.5. The Morgan fingerprint density at radius 1 is 0.909 bits per heavy atom. The number of imide groups is 1. The van der Waals surface area contributed by atoms with E-state index < -0.39 is 0 Å². The molecule has 0 bridgehead atoms. The number of β-amino-alcohol motifs (C(OH)–C–C–N with tert-alkyl or cyclic N) is 1. The van der Waals surface area contributed by atoms with Crippen LogP contribution in [-0.2, 0) is 9.59 Å². The Morgan fingerprint density at radius 2 is 1.61 bits per heavy atom. The summed E-state index contributed by atoms with van der Waals surface area (Å²) in [5.41, 5.74) is 4.31. The second kappa shape index (κ2) is 9.77. The van der Waals surface area contributed by atoms with E-state index in [-0.39, 0.29) is 18.4 Å². The summed E-state index contributed by atoms with van der Waals surface area (Å²) >= 11 is 0. The number of hydrogen-bond acceptors (Lipinski definition) is 6. The Kier molecular flexibility index (Phi) is 6.81. The van der Waals surface area contributed by atoms with Crippen LogP contribution in [0.15, 0.2) is 48.2 Å². The van der Waals surface area contributed by atoms with E-state index in [0.717, 1.165) is 30.0 Å². The van der Waals surface area contributed by atoms with Crippen molar-refractivity contribution in [2.45, 2.75) is 20.8 Å². The predicted octanol–water partition coefficient (Wildman–Crippen LogP) is 2.60. The Morgan fingerprint density at radius 3 is 2.21 bits per heavy atom. The Balaban J connectivity index is 1.73. The van der Waals surface area contributed by atoms with E-state index in [1.165, 1.54) is 4.90 Å². The molecule has 1 fully saturated rings. The van der Waals surface area contributed by atoms with Crippen molar-refractivity contribution in [3.05, 3.63) is 64.9 Å².